The van der Waals surface area contributed by atoms with Gasteiger partial charge in [0.1, 0.15) is 16.4 Å². The first-order valence-corrected chi connectivity index (χ1v) is 6.12. The Bertz CT molecular complexity index is 600. The Morgan fingerprint density at radius 1 is 0.882 bits per heavy atom. The van der Waals surface area contributed by atoms with Crippen LogP contribution in [0.1, 0.15) is 0 Å². The number of anilines is 1. The number of rotatable bonds is 3. The lowest BCUT2D eigenvalue weighted by Crippen LogP contribution is -1.93. The van der Waals surface area contributed by atoms with Crippen LogP contribution in [0.4, 0.5) is 5.69 Å². The smallest absolute Gasteiger partial charge is 0.171 e. The van der Waals surface area contributed by atoms with Crippen molar-refractivity contribution < 1.29 is 13.2 Å². The number of nitrogen functional groups attached to an aromatic ring is 1. The zero-order chi connectivity index (χ0) is 12.3. The third kappa shape index (κ3) is 2.57. The van der Waals surface area contributed by atoms with Crippen molar-refractivity contribution in [2.24, 2.45) is 0 Å². The molecular formula is C12H11NO3S. The molecule has 5 heteroatoms. The molecule has 0 spiro atoms. The Hall–Kier alpha value is -2.01. The van der Waals surface area contributed by atoms with E-state index in [9.17, 15) is 8.42 Å². The molecule has 0 unspecified atom stereocenters. The lowest BCUT2D eigenvalue weighted by Gasteiger charge is -2.09. The molecule has 0 amide bonds. The average Bonchev–Trinajstić information content (AvgIpc) is 2.32. The summed E-state index contributed by atoms with van der Waals surface area (Å²) in [5, 5.41) is 0. The molecule has 2 aromatic rings. The standard InChI is InChI=1S/C12H11NO3S/c13-9-5-1-2-6-10(9)16-11-7-3-4-8-12(11)17(14)15/h1-8,17H,13H2. The van der Waals surface area contributed by atoms with E-state index in [1.807, 2.05) is 0 Å². The van der Waals surface area contributed by atoms with Crippen molar-refractivity contribution in [1.29, 1.82) is 0 Å². The zero-order valence-corrected chi connectivity index (χ0v) is 9.76. The van der Waals surface area contributed by atoms with Gasteiger partial charge in [-0.25, -0.2) is 8.42 Å². The van der Waals surface area contributed by atoms with Gasteiger partial charge in [-0.2, -0.15) is 0 Å². The lowest BCUT2D eigenvalue weighted by molar-refractivity contribution is 0.471. The number of thiol groups is 1. The van der Waals surface area contributed by atoms with Crippen LogP contribution in [-0.2, 0) is 10.7 Å². The molecule has 0 radical (unpaired) electrons. The van der Waals surface area contributed by atoms with Crippen molar-refractivity contribution in [2.45, 2.75) is 4.90 Å². The van der Waals surface area contributed by atoms with Crippen molar-refractivity contribution in [3.63, 3.8) is 0 Å². The van der Waals surface area contributed by atoms with Crippen LogP contribution in [-0.4, -0.2) is 8.42 Å². The summed E-state index contributed by atoms with van der Waals surface area (Å²) in [6.07, 6.45) is 0. The first kappa shape index (κ1) is 11.5. The van der Waals surface area contributed by atoms with E-state index in [1.165, 1.54) is 6.07 Å². The third-order valence-corrected chi connectivity index (χ3v) is 2.96. The number of benzene rings is 2. The molecule has 2 N–H and O–H groups in total. The van der Waals surface area contributed by atoms with Crippen molar-refractivity contribution in [1.82, 2.24) is 0 Å². The highest BCUT2D eigenvalue weighted by Crippen LogP contribution is 2.29. The number of hydrogen-bond donors (Lipinski definition) is 2. The first-order chi connectivity index (χ1) is 8.18. The highest BCUT2D eigenvalue weighted by Gasteiger charge is 2.07. The summed E-state index contributed by atoms with van der Waals surface area (Å²) in [5.74, 6) is 0.721. The third-order valence-electron chi connectivity index (χ3n) is 2.20. The van der Waals surface area contributed by atoms with Gasteiger partial charge < -0.3 is 10.5 Å². The van der Waals surface area contributed by atoms with E-state index in [0.717, 1.165) is 0 Å². The van der Waals surface area contributed by atoms with Gasteiger partial charge in [0, 0.05) is 0 Å². The van der Waals surface area contributed by atoms with Gasteiger partial charge in [-0.15, -0.1) is 0 Å². The van der Waals surface area contributed by atoms with E-state index < -0.39 is 10.7 Å². The normalized spacial score (nSPS) is 10.4. The molecule has 0 aromatic heterocycles. The molecule has 0 saturated heterocycles. The van der Waals surface area contributed by atoms with Crippen molar-refractivity contribution >= 4 is 16.4 Å². The Labute approximate surface area is 101 Å². The van der Waals surface area contributed by atoms with Crippen LogP contribution in [0.15, 0.2) is 53.4 Å². The van der Waals surface area contributed by atoms with Gasteiger partial charge in [0.05, 0.1) is 5.69 Å². The van der Waals surface area contributed by atoms with E-state index in [4.69, 9.17) is 10.5 Å². The molecule has 0 bridgehead atoms. The van der Waals surface area contributed by atoms with Gasteiger partial charge in [0.15, 0.2) is 10.7 Å². The van der Waals surface area contributed by atoms with Gasteiger partial charge >= 0.3 is 0 Å². The number of nitrogens with two attached hydrogens (primary N) is 1. The molecule has 0 aliphatic carbocycles. The fourth-order valence-electron chi connectivity index (χ4n) is 1.39. The minimum atomic E-state index is -2.69. The summed E-state index contributed by atoms with van der Waals surface area (Å²) in [4.78, 5) is 0.144. The van der Waals surface area contributed by atoms with Crippen LogP contribution >= 0.6 is 0 Å². The van der Waals surface area contributed by atoms with E-state index in [0.29, 0.717) is 11.4 Å². The molecule has 0 aliphatic rings. The summed E-state index contributed by atoms with van der Waals surface area (Å²) < 4.78 is 27.5. The quantitative estimate of drug-likeness (QED) is 0.645. The second kappa shape index (κ2) is 4.88. The highest BCUT2D eigenvalue weighted by molar-refractivity contribution is 7.72. The SMILES string of the molecule is Nc1ccccc1Oc1ccccc1[SH](=O)=O. The molecule has 88 valence electrons. The van der Waals surface area contributed by atoms with Crippen molar-refractivity contribution in [3.05, 3.63) is 48.5 Å². The molecular weight excluding hydrogens is 238 g/mol. The summed E-state index contributed by atoms with van der Waals surface area (Å²) >= 11 is 0. The Morgan fingerprint density at radius 3 is 2.12 bits per heavy atom. The Morgan fingerprint density at radius 2 is 1.47 bits per heavy atom. The lowest BCUT2D eigenvalue weighted by atomic mass is 10.3. The second-order valence-electron chi connectivity index (χ2n) is 3.36. The molecule has 2 rings (SSSR count). The van der Waals surface area contributed by atoms with E-state index in [2.05, 4.69) is 0 Å². The fraction of sp³-hybridized carbons (Fsp3) is 0. The summed E-state index contributed by atoms with van der Waals surface area (Å²) in [6.45, 7) is 0. The minimum Gasteiger partial charge on any atom is -0.454 e. The molecule has 0 saturated carbocycles. The molecule has 4 nitrogen and oxygen atoms in total. The topological polar surface area (TPSA) is 69.4 Å². The van der Waals surface area contributed by atoms with Gasteiger partial charge in [-0.1, -0.05) is 24.3 Å². The Kier molecular flexibility index (Phi) is 3.30. The number of para-hydroxylation sites is 3. The van der Waals surface area contributed by atoms with Gasteiger partial charge in [0.2, 0.25) is 0 Å². The van der Waals surface area contributed by atoms with Crippen LogP contribution < -0.4 is 10.5 Å². The van der Waals surface area contributed by atoms with Crippen LogP contribution in [0, 0.1) is 0 Å². The van der Waals surface area contributed by atoms with E-state index >= 15 is 0 Å². The van der Waals surface area contributed by atoms with Crippen molar-refractivity contribution in [2.75, 3.05) is 5.73 Å². The van der Waals surface area contributed by atoms with Crippen LogP contribution in [0.2, 0.25) is 0 Å². The van der Waals surface area contributed by atoms with Crippen LogP contribution in [0.25, 0.3) is 0 Å². The van der Waals surface area contributed by atoms with Crippen LogP contribution in [0.3, 0.4) is 0 Å². The Balaban J connectivity index is 2.40. The highest BCUT2D eigenvalue weighted by atomic mass is 32.2. The second-order valence-corrected chi connectivity index (χ2v) is 4.36. The van der Waals surface area contributed by atoms with Gasteiger partial charge in [-0.05, 0) is 24.3 Å². The fourth-order valence-corrected chi connectivity index (χ4v) is 1.89. The molecule has 0 aliphatic heterocycles. The zero-order valence-electron chi connectivity index (χ0n) is 8.87. The minimum absolute atomic E-state index is 0.144. The molecule has 0 fully saturated rings. The maximum atomic E-state index is 11.0. The van der Waals surface area contributed by atoms with Crippen LogP contribution in [0.5, 0.6) is 11.5 Å². The summed E-state index contributed by atoms with van der Waals surface area (Å²) in [6, 6.07) is 13.3. The van der Waals surface area contributed by atoms with Crippen molar-refractivity contribution in [3.8, 4) is 11.5 Å². The largest absolute Gasteiger partial charge is 0.454 e. The number of ether oxygens (including phenoxy) is 1. The summed E-state index contributed by atoms with van der Waals surface area (Å²) in [5.41, 5.74) is 6.18. The van der Waals surface area contributed by atoms with Gasteiger partial charge in [-0.3, -0.25) is 0 Å². The van der Waals surface area contributed by atoms with E-state index in [-0.39, 0.29) is 10.6 Å². The van der Waals surface area contributed by atoms with E-state index in [1.54, 1.807) is 42.5 Å². The predicted molar refractivity (Wildman–Crippen MR) is 66.0 cm³/mol. The molecule has 0 heterocycles. The maximum Gasteiger partial charge on any atom is 0.171 e. The predicted octanol–water partition coefficient (Wildman–Crippen LogP) is 2.03. The molecule has 17 heavy (non-hydrogen) atoms. The molecule has 0 atom stereocenters. The molecule has 2 aromatic carbocycles. The number of hydrogen-bond acceptors (Lipinski definition) is 4. The monoisotopic (exact) mass is 249 g/mol. The van der Waals surface area contributed by atoms with Gasteiger partial charge in [0.25, 0.3) is 0 Å². The average molecular weight is 249 g/mol. The maximum absolute atomic E-state index is 11.0. The summed E-state index contributed by atoms with van der Waals surface area (Å²) in [7, 11) is -2.69. The first-order valence-electron chi connectivity index (χ1n) is 4.94.